The number of ether oxygens (including phenoxy) is 1. The van der Waals surface area contributed by atoms with Crippen molar-refractivity contribution in [2.75, 3.05) is 12.3 Å². The fourth-order valence-corrected chi connectivity index (χ4v) is 1.71. The van der Waals surface area contributed by atoms with Crippen LogP contribution < -0.4 is 11.4 Å². The van der Waals surface area contributed by atoms with Crippen LogP contribution in [0.2, 0.25) is 0 Å². The lowest BCUT2D eigenvalue weighted by Crippen LogP contribution is -2.09. The maximum absolute atomic E-state index is 11.6. The van der Waals surface area contributed by atoms with Crippen molar-refractivity contribution >= 4 is 22.6 Å². The maximum atomic E-state index is 11.6. The first-order valence-corrected chi connectivity index (χ1v) is 5.54. The summed E-state index contributed by atoms with van der Waals surface area (Å²) in [5, 5.41) is 0.708. The zero-order chi connectivity index (χ0) is 13.3. The van der Waals surface area contributed by atoms with Gasteiger partial charge >= 0.3 is 11.6 Å². The molecule has 0 unspecified atom stereocenters. The quantitative estimate of drug-likeness (QED) is 0.647. The van der Waals surface area contributed by atoms with Crippen LogP contribution in [0.15, 0.2) is 27.4 Å². The summed E-state index contributed by atoms with van der Waals surface area (Å²) >= 11 is 0. The lowest BCUT2D eigenvalue weighted by Gasteiger charge is -2.06. The number of nitrogens with two attached hydrogens (primary N) is 1. The van der Waals surface area contributed by atoms with Crippen molar-refractivity contribution in [2.45, 2.75) is 13.8 Å². The number of fused-ring (bicyclic) bond motifs is 1. The molecule has 0 aliphatic rings. The Bertz CT molecular complexity index is 672. The van der Waals surface area contributed by atoms with E-state index in [1.54, 1.807) is 26.0 Å². The normalized spacial score (nSPS) is 10.6. The van der Waals surface area contributed by atoms with Gasteiger partial charge in [-0.25, -0.2) is 9.59 Å². The summed E-state index contributed by atoms with van der Waals surface area (Å²) in [6, 6.07) is 4.80. The Balaban J connectivity index is 2.63. The highest BCUT2D eigenvalue weighted by molar-refractivity contribution is 5.95. The molecule has 2 N–H and O–H groups in total. The highest BCUT2D eigenvalue weighted by atomic mass is 16.5. The van der Waals surface area contributed by atoms with E-state index in [1.807, 2.05) is 0 Å². The highest BCUT2D eigenvalue weighted by Crippen LogP contribution is 2.21. The number of aryl methyl sites for hydroxylation is 1. The fourth-order valence-electron chi connectivity index (χ4n) is 1.71. The van der Waals surface area contributed by atoms with Gasteiger partial charge in [0.1, 0.15) is 11.3 Å². The summed E-state index contributed by atoms with van der Waals surface area (Å²) in [6.07, 6.45) is 0. The molecule has 0 saturated heterocycles. The first kappa shape index (κ1) is 12.2. The van der Waals surface area contributed by atoms with Gasteiger partial charge in [-0.05, 0) is 31.5 Å². The van der Waals surface area contributed by atoms with E-state index in [0.717, 1.165) is 0 Å². The van der Waals surface area contributed by atoms with Crippen molar-refractivity contribution in [3.63, 3.8) is 0 Å². The van der Waals surface area contributed by atoms with Gasteiger partial charge in [-0.1, -0.05) is 6.07 Å². The topological polar surface area (TPSA) is 82.5 Å². The lowest BCUT2D eigenvalue weighted by molar-refractivity contribution is 0.0526. The van der Waals surface area contributed by atoms with Crippen molar-refractivity contribution in [3.05, 3.63) is 39.7 Å². The van der Waals surface area contributed by atoms with Crippen molar-refractivity contribution in [2.24, 2.45) is 0 Å². The Kier molecular flexibility index (Phi) is 3.06. The SMILES string of the molecule is CCOC(=O)c1ccc2c(C)c(N)c(=O)oc2c1. The Labute approximate surface area is 103 Å². The van der Waals surface area contributed by atoms with Crippen LogP contribution in [0.1, 0.15) is 22.8 Å². The lowest BCUT2D eigenvalue weighted by atomic mass is 10.1. The zero-order valence-corrected chi connectivity index (χ0v) is 10.1. The highest BCUT2D eigenvalue weighted by Gasteiger charge is 2.12. The smallest absolute Gasteiger partial charge is 0.359 e. The number of rotatable bonds is 2. The molecule has 0 aliphatic heterocycles. The van der Waals surface area contributed by atoms with E-state index in [1.165, 1.54) is 6.07 Å². The fraction of sp³-hybridized carbons (Fsp3) is 0.231. The first-order valence-electron chi connectivity index (χ1n) is 5.54. The van der Waals surface area contributed by atoms with Crippen molar-refractivity contribution < 1.29 is 13.9 Å². The molecule has 5 heteroatoms. The van der Waals surface area contributed by atoms with Crippen molar-refractivity contribution in [3.8, 4) is 0 Å². The molecule has 0 aliphatic carbocycles. The van der Waals surface area contributed by atoms with Gasteiger partial charge < -0.3 is 14.9 Å². The average Bonchev–Trinajstić information content (AvgIpc) is 2.36. The van der Waals surface area contributed by atoms with Crippen molar-refractivity contribution in [1.82, 2.24) is 0 Å². The van der Waals surface area contributed by atoms with E-state index in [4.69, 9.17) is 14.9 Å². The number of anilines is 1. The van der Waals surface area contributed by atoms with Gasteiger partial charge in [-0.15, -0.1) is 0 Å². The Morgan fingerprint density at radius 1 is 1.44 bits per heavy atom. The molecule has 94 valence electrons. The molecule has 0 atom stereocenters. The minimum absolute atomic E-state index is 0.0892. The molecule has 0 amide bonds. The third-order valence-corrected chi connectivity index (χ3v) is 2.72. The van der Waals surface area contributed by atoms with Crippen LogP contribution >= 0.6 is 0 Å². The molecule has 1 heterocycles. The van der Waals surface area contributed by atoms with Crippen LogP contribution in [-0.2, 0) is 4.74 Å². The second-order valence-corrected chi connectivity index (χ2v) is 3.86. The van der Waals surface area contributed by atoms with Gasteiger partial charge in [-0.3, -0.25) is 0 Å². The minimum Gasteiger partial charge on any atom is -0.462 e. The molecular formula is C13H13NO4. The molecule has 0 fully saturated rings. The monoisotopic (exact) mass is 247 g/mol. The Morgan fingerprint density at radius 2 is 2.17 bits per heavy atom. The van der Waals surface area contributed by atoms with Crippen LogP contribution in [0, 0.1) is 6.92 Å². The zero-order valence-electron chi connectivity index (χ0n) is 10.1. The average molecular weight is 247 g/mol. The number of hydrogen-bond acceptors (Lipinski definition) is 5. The van der Waals surface area contributed by atoms with E-state index >= 15 is 0 Å². The Morgan fingerprint density at radius 3 is 2.83 bits per heavy atom. The Hall–Kier alpha value is -2.30. The van der Waals surface area contributed by atoms with Gasteiger partial charge in [0.25, 0.3) is 0 Å². The van der Waals surface area contributed by atoms with E-state index in [2.05, 4.69) is 0 Å². The van der Waals surface area contributed by atoms with Crippen LogP contribution in [0.3, 0.4) is 0 Å². The van der Waals surface area contributed by atoms with Gasteiger partial charge in [0.05, 0.1) is 12.2 Å². The van der Waals surface area contributed by atoms with Crippen LogP contribution in [0.5, 0.6) is 0 Å². The molecule has 0 spiro atoms. The summed E-state index contributed by atoms with van der Waals surface area (Å²) in [7, 11) is 0. The van der Waals surface area contributed by atoms with Gasteiger partial charge in [-0.2, -0.15) is 0 Å². The van der Waals surface area contributed by atoms with E-state index < -0.39 is 11.6 Å². The molecular weight excluding hydrogens is 234 g/mol. The summed E-state index contributed by atoms with van der Waals surface area (Å²) in [5.74, 6) is -0.448. The molecule has 0 saturated carbocycles. The van der Waals surface area contributed by atoms with Gasteiger partial charge in [0, 0.05) is 5.39 Å². The molecule has 2 rings (SSSR count). The largest absolute Gasteiger partial charge is 0.462 e. The van der Waals surface area contributed by atoms with Crippen LogP contribution in [0.4, 0.5) is 5.69 Å². The third-order valence-electron chi connectivity index (χ3n) is 2.72. The summed E-state index contributed by atoms with van der Waals surface area (Å²) < 4.78 is 9.93. The van der Waals surface area contributed by atoms with E-state index in [-0.39, 0.29) is 5.69 Å². The number of esters is 1. The third kappa shape index (κ3) is 1.95. The molecule has 2 aromatic rings. The summed E-state index contributed by atoms with van der Waals surface area (Å²) in [6.45, 7) is 3.75. The molecule has 0 bridgehead atoms. The second-order valence-electron chi connectivity index (χ2n) is 3.86. The molecule has 1 aromatic carbocycles. The molecule has 18 heavy (non-hydrogen) atoms. The maximum Gasteiger partial charge on any atom is 0.359 e. The summed E-state index contributed by atoms with van der Waals surface area (Å²) in [5.41, 5.74) is 6.41. The number of nitrogen functional groups attached to an aromatic ring is 1. The molecule has 0 radical (unpaired) electrons. The predicted molar refractivity (Wildman–Crippen MR) is 67.6 cm³/mol. The number of benzene rings is 1. The van der Waals surface area contributed by atoms with Crippen molar-refractivity contribution in [1.29, 1.82) is 0 Å². The van der Waals surface area contributed by atoms with E-state index in [0.29, 0.717) is 28.7 Å². The van der Waals surface area contributed by atoms with E-state index in [9.17, 15) is 9.59 Å². The van der Waals surface area contributed by atoms with Gasteiger partial charge in [0.15, 0.2) is 0 Å². The number of carbonyl (C=O) groups excluding carboxylic acids is 1. The molecule has 1 aromatic heterocycles. The first-order chi connectivity index (χ1) is 8.54. The summed E-state index contributed by atoms with van der Waals surface area (Å²) in [4.78, 5) is 23.0. The van der Waals surface area contributed by atoms with Crippen LogP contribution in [-0.4, -0.2) is 12.6 Å². The molecule has 5 nitrogen and oxygen atoms in total. The van der Waals surface area contributed by atoms with Gasteiger partial charge in [0.2, 0.25) is 0 Å². The second kappa shape index (κ2) is 4.52. The number of hydrogen-bond donors (Lipinski definition) is 1. The standard InChI is InChI=1S/C13H13NO4/c1-3-17-12(15)8-4-5-9-7(2)11(14)13(16)18-10(9)6-8/h4-6H,3,14H2,1-2H3. The predicted octanol–water partition coefficient (Wildman–Crippen LogP) is 1.86. The van der Waals surface area contributed by atoms with Crippen LogP contribution in [0.25, 0.3) is 11.0 Å². The minimum atomic E-state index is -0.596. The number of carbonyl (C=O) groups is 1.